The fraction of sp³-hybridized carbons (Fsp3) is 0.714. The molecule has 2 saturated carbocycles. The molecule has 0 radical (unpaired) electrons. The van der Waals surface area contributed by atoms with E-state index in [1.807, 2.05) is 20.9 Å². The Kier molecular flexibility index (Phi) is 17.7. The minimum atomic E-state index is 0.597. The van der Waals surface area contributed by atoms with E-state index in [0.717, 1.165) is 37.6 Å². The van der Waals surface area contributed by atoms with Gasteiger partial charge in [0.25, 0.3) is 0 Å². The Morgan fingerprint density at radius 3 is 2.27 bits per heavy atom. The van der Waals surface area contributed by atoms with E-state index < -0.39 is 0 Å². The summed E-state index contributed by atoms with van der Waals surface area (Å²) in [4.78, 5) is 0. The Labute approximate surface area is 232 Å². The van der Waals surface area contributed by atoms with E-state index >= 15 is 0 Å². The molecule has 2 atom stereocenters. The molecule has 2 aliphatic carbocycles. The highest BCUT2D eigenvalue weighted by atomic mass is 14.9. The number of allylic oxidation sites excluding steroid dienone is 3. The van der Waals surface area contributed by atoms with Gasteiger partial charge in [0.05, 0.1) is 0 Å². The van der Waals surface area contributed by atoms with Crippen LogP contribution >= 0.6 is 0 Å². The highest BCUT2D eigenvalue weighted by molar-refractivity contribution is 5.53. The van der Waals surface area contributed by atoms with Gasteiger partial charge in [0.2, 0.25) is 0 Å². The number of anilines is 1. The molecule has 0 amide bonds. The smallest absolute Gasteiger partial charge is 0.0384 e. The van der Waals surface area contributed by atoms with Gasteiger partial charge in [-0.25, -0.2) is 0 Å². The van der Waals surface area contributed by atoms with E-state index in [-0.39, 0.29) is 0 Å². The molecule has 212 valence electrons. The van der Waals surface area contributed by atoms with Crippen molar-refractivity contribution in [2.45, 2.75) is 131 Å². The van der Waals surface area contributed by atoms with Gasteiger partial charge in [0.1, 0.15) is 0 Å². The molecule has 0 aromatic heterocycles. The van der Waals surface area contributed by atoms with Gasteiger partial charge in [-0.15, -0.1) is 0 Å². The average Bonchev–Trinajstić information content (AvgIpc) is 3.34. The van der Waals surface area contributed by atoms with Crippen LogP contribution in [0.15, 0.2) is 42.1 Å². The van der Waals surface area contributed by atoms with E-state index in [4.69, 9.17) is 0 Å². The largest absolute Gasteiger partial charge is 0.359 e. The highest BCUT2D eigenvalue weighted by Gasteiger charge is 2.21. The summed E-state index contributed by atoms with van der Waals surface area (Å²) in [6.07, 6.45) is 18.1. The Morgan fingerprint density at radius 2 is 1.76 bits per heavy atom. The molecular weight excluding hydrogens is 448 g/mol. The third-order valence-electron chi connectivity index (χ3n) is 8.50. The van der Waals surface area contributed by atoms with Crippen molar-refractivity contribution in [3.63, 3.8) is 0 Å². The van der Waals surface area contributed by atoms with Gasteiger partial charge < -0.3 is 10.6 Å². The minimum Gasteiger partial charge on any atom is -0.359 e. The molecule has 2 heteroatoms. The molecule has 0 bridgehead atoms. The molecule has 2 nitrogen and oxygen atoms in total. The summed E-state index contributed by atoms with van der Waals surface area (Å²) < 4.78 is 0. The van der Waals surface area contributed by atoms with Crippen molar-refractivity contribution >= 4 is 5.69 Å². The predicted molar refractivity (Wildman–Crippen MR) is 169 cm³/mol. The van der Waals surface area contributed by atoms with E-state index in [1.54, 1.807) is 0 Å². The third-order valence-corrected chi connectivity index (χ3v) is 8.50. The molecule has 37 heavy (non-hydrogen) atoms. The first-order chi connectivity index (χ1) is 17.9. The fourth-order valence-corrected chi connectivity index (χ4v) is 5.75. The number of benzene rings is 1. The van der Waals surface area contributed by atoms with Crippen molar-refractivity contribution in [2.24, 2.45) is 17.8 Å². The molecule has 0 spiro atoms. The van der Waals surface area contributed by atoms with Crippen molar-refractivity contribution < 1.29 is 0 Å². The molecular formula is C35H62N2. The molecule has 3 rings (SSSR count). The van der Waals surface area contributed by atoms with Gasteiger partial charge in [0, 0.05) is 11.4 Å². The first-order valence-electron chi connectivity index (χ1n) is 15.8. The first kappa shape index (κ1) is 33.5. The monoisotopic (exact) mass is 510 g/mol. The van der Waals surface area contributed by atoms with E-state index in [1.165, 1.54) is 85.9 Å². The summed E-state index contributed by atoms with van der Waals surface area (Å²) in [6.45, 7) is 20.8. The summed E-state index contributed by atoms with van der Waals surface area (Å²) in [6, 6.07) is 7.01. The van der Waals surface area contributed by atoms with Crippen molar-refractivity contribution in [3.8, 4) is 0 Å². The molecule has 1 aromatic rings. The third kappa shape index (κ3) is 12.2. The quantitative estimate of drug-likeness (QED) is 0.228. The molecule has 2 aliphatic rings. The summed E-state index contributed by atoms with van der Waals surface area (Å²) in [7, 11) is 2.01. The zero-order valence-electron chi connectivity index (χ0n) is 26.0. The van der Waals surface area contributed by atoms with Crippen molar-refractivity contribution in [2.75, 3.05) is 18.9 Å². The maximum atomic E-state index is 4.31. The van der Waals surface area contributed by atoms with E-state index in [9.17, 15) is 0 Å². The minimum absolute atomic E-state index is 0.597. The Balaban J connectivity index is 0.000000519. The van der Waals surface area contributed by atoms with Crippen LogP contribution in [0, 0.1) is 17.8 Å². The van der Waals surface area contributed by atoms with Crippen LogP contribution in [0.3, 0.4) is 0 Å². The molecule has 2 N–H and O–H groups in total. The highest BCUT2D eigenvalue weighted by Crippen LogP contribution is 2.35. The molecule has 0 saturated heterocycles. The maximum Gasteiger partial charge on any atom is 0.0384 e. The van der Waals surface area contributed by atoms with Gasteiger partial charge in [-0.1, -0.05) is 97.9 Å². The van der Waals surface area contributed by atoms with Crippen LogP contribution in [0.25, 0.3) is 0 Å². The first-order valence-corrected chi connectivity index (χ1v) is 15.8. The SMILES string of the molecule is C=C1CCCC1Cc1ccc(N/C(=C\C)CCCNC)cc1C(C)CC.CC.CC(C)C1CCCCC1. The second kappa shape index (κ2) is 19.5. The lowest BCUT2D eigenvalue weighted by Gasteiger charge is -2.24. The summed E-state index contributed by atoms with van der Waals surface area (Å²) in [5.74, 6) is 3.27. The Morgan fingerprint density at radius 1 is 1.05 bits per heavy atom. The molecule has 1 aromatic carbocycles. The van der Waals surface area contributed by atoms with Crippen LogP contribution in [0.5, 0.6) is 0 Å². The van der Waals surface area contributed by atoms with Gasteiger partial charge in [-0.2, -0.15) is 0 Å². The van der Waals surface area contributed by atoms with Gasteiger partial charge in [-0.05, 0) is 112 Å². The van der Waals surface area contributed by atoms with Crippen molar-refractivity contribution in [1.82, 2.24) is 5.32 Å². The zero-order chi connectivity index (χ0) is 27.6. The standard InChI is InChI=1S/C24H38N2.C9H18.C2H6/c1-6-18(3)24-17-23(26-22(7-2)12-9-15-25-5)14-13-21(24)16-20-11-8-10-19(20)4;1-8(2)9-6-4-3-5-7-9;1-2/h7,13-14,17-18,20,25-26H,4,6,8-12,15-16H2,1-3,5H3;8-9H,3-7H2,1-2H3;1-2H3/b22-7-;;. The van der Waals surface area contributed by atoms with Gasteiger partial charge >= 0.3 is 0 Å². The number of nitrogens with one attached hydrogen (secondary N) is 2. The molecule has 2 unspecified atom stereocenters. The summed E-state index contributed by atoms with van der Waals surface area (Å²) in [5.41, 5.74) is 7.04. The average molecular weight is 511 g/mol. The summed E-state index contributed by atoms with van der Waals surface area (Å²) in [5, 5.41) is 6.88. The van der Waals surface area contributed by atoms with Gasteiger partial charge in [0.15, 0.2) is 0 Å². The van der Waals surface area contributed by atoms with Crippen molar-refractivity contribution in [3.05, 3.63) is 53.3 Å². The van der Waals surface area contributed by atoms with Gasteiger partial charge in [-0.3, -0.25) is 0 Å². The van der Waals surface area contributed by atoms with E-state index in [2.05, 4.69) is 76.1 Å². The number of hydrogen-bond acceptors (Lipinski definition) is 2. The molecule has 0 heterocycles. The Hall–Kier alpha value is -1.54. The second-order valence-electron chi connectivity index (χ2n) is 11.5. The summed E-state index contributed by atoms with van der Waals surface area (Å²) >= 11 is 0. The van der Waals surface area contributed by atoms with Crippen LogP contribution in [0.4, 0.5) is 5.69 Å². The molecule has 2 fully saturated rings. The lowest BCUT2D eigenvalue weighted by Crippen LogP contribution is -2.12. The Bertz CT molecular complexity index is 769. The number of hydrogen-bond donors (Lipinski definition) is 2. The lowest BCUT2D eigenvalue weighted by atomic mass is 9.82. The lowest BCUT2D eigenvalue weighted by molar-refractivity contribution is 0.279. The predicted octanol–water partition coefficient (Wildman–Crippen LogP) is 10.7. The number of rotatable bonds is 11. The van der Waals surface area contributed by atoms with E-state index in [0.29, 0.717) is 11.8 Å². The van der Waals surface area contributed by atoms with Crippen LogP contribution in [0.2, 0.25) is 0 Å². The van der Waals surface area contributed by atoms with Crippen LogP contribution < -0.4 is 10.6 Å². The van der Waals surface area contributed by atoms with Crippen molar-refractivity contribution in [1.29, 1.82) is 0 Å². The molecule has 0 aliphatic heterocycles. The topological polar surface area (TPSA) is 24.1 Å². The maximum absolute atomic E-state index is 4.31. The second-order valence-corrected chi connectivity index (χ2v) is 11.5. The van der Waals surface area contributed by atoms with Crippen LogP contribution in [-0.2, 0) is 6.42 Å². The van der Waals surface area contributed by atoms with Crippen LogP contribution in [-0.4, -0.2) is 13.6 Å². The normalized spacial score (nSPS) is 19.1. The zero-order valence-corrected chi connectivity index (χ0v) is 26.0. The fourth-order valence-electron chi connectivity index (χ4n) is 5.75. The van der Waals surface area contributed by atoms with Crippen LogP contribution in [0.1, 0.15) is 136 Å².